The van der Waals surface area contributed by atoms with Crippen molar-refractivity contribution in [2.24, 2.45) is 0 Å². The second-order valence-corrected chi connectivity index (χ2v) is 8.93. The van der Waals surface area contributed by atoms with Gasteiger partial charge in [-0.3, -0.25) is 14.4 Å². The fourth-order valence-corrected chi connectivity index (χ4v) is 4.55. The van der Waals surface area contributed by atoms with E-state index in [2.05, 4.69) is 10.6 Å². The van der Waals surface area contributed by atoms with Crippen LogP contribution < -0.4 is 15.4 Å². The van der Waals surface area contributed by atoms with Crippen LogP contribution in [0.2, 0.25) is 0 Å². The van der Waals surface area contributed by atoms with Gasteiger partial charge < -0.3 is 29.7 Å². The maximum Gasteiger partial charge on any atom is 0.257 e. The standard InChI is InChI=1S/C26H30FN3O6/c1-30-21-9-8-18(12-24(31)28-13-16-5-3-4-6-20(16)27)36-23(21)14-35-22-10-7-17(11-19(22)26(30)33)29-25(32)15-34-2/h3-7,10-11,18,21,23H,8-9,12-15H2,1-2H3,(H,28,31)(H,29,32)/t18-,21+,23+/m1/s1. The lowest BCUT2D eigenvalue weighted by Crippen LogP contribution is -2.53. The summed E-state index contributed by atoms with van der Waals surface area (Å²) in [6.45, 7) is 0.220. The number of rotatable bonds is 7. The van der Waals surface area contributed by atoms with E-state index < -0.39 is 6.10 Å². The van der Waals surface area contributed by atoms with Crippen molar-refractivity contribution >= 4 is 23.4 Å². The predicted octanol–water partition coefficient (Wildman–Crippen LogP) is 2.50. The molecule has 2 aliphatic heterocycles. The van der Waals surface area contributed by atoms with E-state index in [0.29, 0.717) is 35.4 Å². The van der Waals surface area contributed by atoms with Crippen LogP contribution in [0.4, 0.5) is 10.1 Å². The summed E-state index contributed by atoms with van der Waals surface area (Å²) in [4.78, 5) is 39.2. The molecule has 3 amide bonds. The van der Waals surface area contributed by atoms with Crippen molar-refractivity contribution in [2.45, 2.75) is 44.1 Å². The fourth-order valence-electron chi connectivity index (χ4n) is 4.55. The van der Waals surface area contributed by atoms with Crippen molar-refractivity contribution in [2.75, 3.05) is 32.7 Å². The molecule has 4 rings (SSSR count). The highest BCUT2D eigenvalue weighted by Crippen LogP contribution is 2.32. The molecule has 36 heavy (non-hydrogen) atoms. The van der Waals surface area contributed by atoms with Gasteiger partial charge >= 0.3 is 0 Å². The minimum atomic E-state index is -0.411. The largest absolute Gasteiger partial charge is 0.490 e. The van der Waals surface area contributed by atoms with Crippen LogP contribution in [-0.2, 0) is 25.6 Å². The third-order valence-electron chi connectivity index (χ3n) is 6.42. The molecule has 0 unspecified atom stereocenters. The Balaban J connectivity index is 1.38. The second kappa shape index (κ2) is 11.5. The Kier molecular flexibility index (Phi) is 8.17. The van der Waals surface area contributed by atoms with E-state index in [1.54, 1.807) is 48.3 Å². The number of likely N-dealkylation sites (N-methyl/N-ethyl adjacent to an activating group) is 1. The number of hydrogen-bond donors (Lipinski definition) is 2. The second-order valence-electron chi connectivity index (χ2n) is 8.93. The Hall–Kier alpha value is -3.50. The average Bonchev–Trinajstić information content (AvgIpc) is 2.86. The number of methoxy groups -OCH3 is 1. The first-order valence-corrected chi connectivity index (χ1v) is 11.8. The summed E-state index contributed by atoms with van der Waals surface area (Å²) >= 11 is 0. The number of fused-ring (bicyclic) bond motifs is 2. The highest BCUT2D eigenvalue weighted by atomic mass is 19.1. The van der Waals surface area contributed by atoms with E-state index in [0.717, 1.165) is 0 Å². The van der Waals surface area contributed by atoms with Crippen LogP contribution in [-0.4, -0.2) is 68.2 Å². The summed E-state index contributed by atoms with van der Waals surface area (Å²) < 4.78 is 30.7. The maximum atomic E-state index is 13.8. The van der Waals surface area contributed by atoms with Crippen molar-refractivity contribution in [1.82, 2.24) is 10.2 Å². The molecule has 0 aliphatic carbocycles. The third kappa shape index (κ3) is 6.00. The lowest BCUT2D eigenvalue weighted by atomic mass is 9.94. The zero-order chi connectivity index (χ0) is 25.7. The van der Waals surface area contributed by atoms with Crippen molar-refractivity contribution in [1.29, 1.82) is 0 Å². The zero-order valence-electron chi connectivity index (χ0n) is 20.3. The van der Waals surface area contributed by atoms with Gasteiger partial charge in [-0.1, -0.05) is 18.2 Å². The monoisotopic (exact) mass is 499 g/mol. The normalized spacial score (nSPS) is 21.4. The molecule has 1 fully saturated rings. The molecular formula is C26H30FN3O6. The highest BCUT2D eigenvalue weighted by Gasteiger charge is 2.39. The summed E-state index contributed by atoms with van der Waals surface area (Å²) in [5, 5.41) is 5.44. The van der Waals surface area contributed by atoms with Gasteiger partial charge in [0, 0.05) is 32.0 Å². The summed E-state index contributed by atoms with van der Waals surface area (Å²) in [6.07, 6.45) is 0.617. The van der Waals surface area contributed by atoms with Gasteiger partial charge in [-0.25, -0.2) is 4.39 Å². The van der Waals surface area contributed by atoms with Crippen molar-refractivity contribution in [3.05, 3.63) is 59.4 Å². The number of nitrogens with zero attached hydrogens (tertiary/aromatic N) is 1. The van der Waals surface area contributed by atoms with E-state index in [1.165, 1.54) is 13.2 Å². The number of nitrogens with one attached hydrogen (secondary N) is 2. The first kappa shape index (κ1) is 25.6. The van der Waals surface area contributed by atoms with Gasteiger partial charge in [-0.15, -0.1) is 0 Å². The minimum absolute atomic E-state index is 0.0924. The van der Waals surface area contributed by atoms with Crippen LogP contribution in [0.3, 0.4) is 0 Å². The predicted molar refractivity (Wildman–Crippen MR) is 129 cm³/mol. The first-order chi connectivity index (χ1) is 17.4. The molecular weight excluding hydrogens is 469 g/mol. The summed E-state index contributed by atoms with van der Waals surface area (Å²) in [5.74, 6) is -0.768. The van der Waals surface area contributed by atoms with Crippen LogP contribution in [0.25, 0.3) is 0 Å². The molecule has 0 aromatic heterocycles. The van der Waals surface area contributed by atoms with Crippen LogP contribution in [0, 0.1) is 5.82 Å². The minimum Gasteiger partial charge on any atom is -0.490 e. The Labute approximate surface area is 208 Å². The molecule has 2 heterocycles. The van der Waals surface area contributed by atoms with Gasteiger partial charge in [0.05, 0.1) is 24.1 Å². The van der Waals surface area contributed by atoms with Crippen molar-refractivity contribution < 1.29 is 33.0 Å². The van der Waals surface area contributed by atoms with Crippen LogP contribution in [0.1, 0.15) is 35.2 Å². The third-order valence-corrected chi connectivity index (χ3v) is 6.42. The van der Waals surface area contributed by atoms with E-state index >= 15 is 0 Å². The molecule has 10 heteroatoms. The number of carbonyl (C=O) groups is 3. The van der Waals surface area contributed by atoms with Gasteiger partial charge in [-0.2, -0.15) is 0 Å². The summed E-state index contributed by atoms with van der Waals surface area (Å²) in [5.41, 5.74) is 1.24. The van der Waals surface area contributed by atoms with Gasteiger partial charge in [0.1, 0.15) is 30.9 Å². The van der Waals surface area contributed by atoms with Crippen LogP contribution >= 0.6 is 0 Å². The number of halogens is 1. The molecule has 2 aromatic rings. The molecule has 2 aliphatic rings. The maximum absolute atomic E-state index is 13.8. The molecule has 2 aromatic carbocycles. The smallest absolute Gasteiger partial charge is 0.257 e. The molecule has 9 nitrogen and oxygen atoms in total. The first-order valence-electron chi connectivity index (χ1n) is 11.8. The Bertz CT molecular complexity index is 1130. The van der Waals surface area contributed by atoms with Gasteiger partial charge in [0.15, 0.2) is 0 Å². The molecule has 2 N–H and O–H groups in total. The molecule has 3 atom stereocenters. The number of anilines is 1. The highest BCUT2D eigenvalue weighted by molar-refractivity contribution is 6.00. The van der Waals surface area contributed by atoms with Gasteiger partial charge in [-0.05, 0) is 37.1 Å². The van der Waals surface area contributed by atoms with E-state index in [1.807, 2.05) is 0 Å². The van der Waals surface area contributed by atoms with Gasteiger partial charge in [0.25, 0.3) is 5.91 Å². The fraction of sp³-hybridized carbons (Fsp3) is 0.423. The summed E-state index contributed by atoms with van der Waals surface area (Å²) in [7, 11) is 3.15. The number of ether oxygens (including phenoxy) is 3. The Morgan fingerprint density at radius 1 is 1.17 bits per heavy atom. The number of benzene rings is 2. The average molecular weight is 500 g/mol. The zero-order valence-corrected chi connectivity index (χ0v) is 20.3. The van der Waals surface area contributed by atoms with E-state index in [9.17, 15) is 18.8 Å². The number of amides is 3. The molecule has 0 radical (unpaired) electrons. The SMILES string of the molecule is COCC(=O)Nc1ccc2c(c1)C(=O)N(C)[C@H]1CC[C@H](CC(=O)NCc3ccccc3F)O[C@H]1CO2. The van der Waals surface area contributed by atoms with E-state index in [4.69, 9.17) is 14.2 Å². The number of carbonyl (C=O) groups excluding carboxylic acids is 3. The van der Waals surface area contributed by atoms with E-state index in [-0.39, 0.29) is 61.9 Å². The van der Waals surface area contributed by atoms with Gasteiger partial charge in [0.2, 0.25) is 11.8 Å². The van der Waals surface area contributed by atoms with Crippen molar-refractivity contribution in [3.8, 4) is 5.75 Å². The lowest BCUT2D eigenvalue weighted by Gasteiger charge is -2.42. The molecule has 0 spiro atoms. The molecule has 192 valence electrons. The quantitative estimate of drug-likeness (QED) is 0.607. The number of hydrogen-bond acceptors (Lipinski definition) is 6. The molecule has 0 saturated carbocycles. The lowest BCUT2D eigenvalue weighted by molar-refractivity contribution is -0.134. The van der Waals surface area contributed by atoms with Crippen molar-refractivity contribution in [3.63, 3.8) is 0 Å². The summed E-state index contributed by atoms with van der Waals surface area (Å²) in [6, 6.07) is 11.0. The van der Waals surface area contributed by atoms with Crippen LogP contribution in [0.5, 0.6) is 5.75 Å². The molecule has 1 saturated heterocycles. The Morgan fingerprint density at radius 3 is 2.75 bits per heavy atom. The molecule has 0 bridgehead atoms. The Morgan fingerprint density at radius 2 is 1.97 bits per heavy atom. The topological polar surface area (TPSA) is 106 Å². The van der Waals surface area contributed by atoms with Crippen LogP contribution in [0.15, 0.2) is 42.5 Å².